The van der Waals surface area contributed by atoms with Crippen LogP contribution in [-0.2, 0) is 0 Å². The van der Waals surface area contributed by atoms with Gasteiger partial charge in [0, 0.05) is 36.6 Å². The summed E-state index contributed by atoms with van der Waals surface area (Å²) >= 11 is 0.944. The number of anilines is 2. The fraction of sp³-hybridized carbons (Fsp3) is 0.318. The van der Waals surface area contributed by atoms with E-state index in [0.717, 1.165) is 17.4 Å². The van der Waals surface area contributed by atoms with E-state index >= 15 is 0 Å². The van der Waals surface area contributed by atoms with E-state index in [4.69, 9.17) is 10.5 Å². The normalized spacial score (nSPS) is 20.5. The summed E-state index contributed by atoms with van der Waals surface area (Å²) in [6.07, 6.45) is 2.50. The number of benzene rings is 1. The molecule has 3 atom stereocenters. The zero-order valence-corrected chi connectivity index (χ0v) is 18.8. The number of carbonyl (C=O) groups is 1. The van der Waals surface area contributed by atoms with Gasteiger partial charge in [0.15, 0.2) is 11.6 Å². The minimum Gasteiger partial charge on any atom is -0.494 e. The number of carbonyl (C=O) groups excluding carboxylic acids is 1. The van der Waals surface area contributed by atoms with E-state index in [1.54, 1.807) is 12.3 Å². The number of aromatic nitrogens is 2. The molecule has 1 aromatic carbocycles. The highest BCUT2D eigenvalue weighted by atomic mass is 32.1. The Bertz CT molecular complexity index is 1160. The third kappa shape index (κ3) is 4.52. The topological polar surface area (TPSA) is 114 Å². The number of nitrogens with one attached hydrogen (secondary N) is 1. The van der Waals surface area contributed by atoms with E-state index in [1.807, 2.05) is 11.8 Å². The third-order valence-corrected chi connectivity index (χ3v) is 6.43. The number of ether oxygens (including phenoxy) is 1. The van der Waals surface area contributed by atoms with Gasteiger partial charge in [-0.15, -0.1) is 11.3 Å². The van der Waals surface area contributed by atoms with Crippen LogP contribution in [0, 0.1) is 17.6 Å². The number of piperidine rings is 1. The summed E-state index contributed by atoms with van der Waals surface area (Å²) in [7, 11) is 1.28. The van der Waals surface area contributed by atoms with Crippen molar-refractivity contribution < 1.29 is 23.4 Å². The Hall–Kier alpha value is -3.15. The first-order valence-corrected chi connectivity index (χ1v) is 11.1. The number of thiazole rings is 1. The zero-order valence-electron chi connectivity index (χ0n) is 18.0. The number of nitrogens with zero attached hydrogens (tertiary/aromatic N) is 3. The lowest BCUT2D eigenvalue weighted by Gasteiger charge is -2.40. The summed E-state index contributed by atoms with van der Waals surface area (Å²) in [6.45, 7) is 2.87. The van der Waals surface area contributed by atoms with Gasteiger partial charge < -0.3 is 25.8 Å². The quantitative estimate of drug-likeness (QED) is 0.520. The molecule has 1 aliphatic rings. The molecule has 3 heterocycles. The number of rotatable bonds is 5. The summed E-state index contributed by atoms with van der Waals surface area (Å²) in [6, 6.07) is 3.59. The molecular weight excluding hydrogens is 452 g/mol. The maximum absolute atomic E-state index is 14.6. The molecule has 174 valence electrons. The lowest BCUT2D eigenvalue weighted by atomic mass is 9.92. The SMILES string of the molecule is COc1ccc(F)c(-c2nc(C(=O)Nc3cnccc3N3CC(C)C(O)C(N)C3)cs2)c1F. The van der Waals surface area contributed by atoms with Crippen LogP contribution in [0.3, 0.4) is 0 Å². The Morgan fingerprint density at radius 2 is 2.12 bits per heavy atom. The number of pyridine rings is 1. The van der Waals surface area contributed by atoms with Gasteiger partial charge in [-0.05, 0) is 18.2 Å². The van der Waals surface area contributed by atoms with E-state index in [-0.39, 0.29) is 27.9 Å². The molecule has 0 aliphatic carbocycles. The van der Waals surface area contributed by atoms with E-state index < -0.39 is 29.7 Å². The monoisotopic (exact) mass is 475 g/mol. The maximum atomic E-state index is 14.6. The molecule has 1 saturated heterocycles. The van der Waals surface area contributed by atoms with Crippen LogP contribution in [-0.4, -0.2) is 53.3 Å². The first-order valence-electron chi connectivity index (χ1n) is 10.2. The number of halogens is 2. The molecule has 0 bridgehead atoms. The van der Waals surface area contributed by atoms with Crippen molar-refractivity contribution in [1.29, 1.82) is 0 Å². The second-order valence-electron chi connectivity index (χ2n) is 7.86. The lowest BCUT2D eigenvalue weighted by Crippen LogP contribution is -2.55. The van der Waals surface area contributed by atoms with E-state index in [2.05, 4.69) is 15.3 Å². The van der Waals surface area contributed by atoms with Crippen LogP contribution >= 0.6 is 11.3 Å². The third-order valence-electron chi connectivity index (χ3n) is 5.57. The molecule has 0 radical (unpaired) electrons. The van der Waals surface area contributed by atoms with Crippen molar-refractivity contribution in [3.05, 3.63) is 53.3 Å². The van der Waals surface area contributed by atoms with Crippen molar-refractivity contribution in [2.24, 2.45) is 11.7 Å². The molecule has 3 aromatic rings. The molecule has 1 aliphatic heterocycles. The van der Waals surface area contributed by atoms with Crippen LogP contribution in [0.1, 0.15) is 17.4 Å². The first-order chi connectivity index (χ1) is 15.8. The standard InChI is InChI=1S/C22H23F2N5O3S/c1-11-8-29(9-13(25)20(11)30)16-5-6-26-7-14(16)27-21(31)15-10-33-22(28-15)18-12(23)3-4-17(32-2)19(18)24/h3-7,10-11,13,20,30H,8-9,25H2,1-2H3,(H,27,31). The first kappa shape index (κ1) is 23.0. The summed E-state index contributed by atoms with van der Waals surface area (Å²) in [4.78, 5) is 23.1. The van der Waals surface area contributed by atoms with Gasteiger partial charge in [0.25, 0.3) is 5.91 Å². The van der Waals surface area contributed by atoms with Gasteiger partial charge in [-0.2, -0.15) is 0 Å². The fourth-order valence-corrected chi connectivity index (χ4v) is 4.68. The predicted molar refractivity (Wildman–Crippen MR) is 122 cm³/mol. The Morgan fingerprint density at radius 3 is 2.85 bits per heavy atom. The Kier molecular flexibility index (Phi) is 6.54. The molecular formula is C22H23F2N5O3S. The minimum absolute atomic E-state index is 0.00515. The molecule has 1 amide bonds. The zero-order chi connectivity index (χ0) is 23.7. The Balaban J connectivity index is 1.58. The molecule has 4 rings (SSSR count). The van der Waals surface area contributed by atoms with Gasteiger partial charge in [-0.3, -0.25) is 9.78 Å². The number of methoxy groups -OCH3 is 1. The van der Waals surface area contributed by atoms with Crippen molar-refractivity contribution >= 4 is 28.6 Å². The van der Waals surface area contributed by atoms with Crippen LogP contribution in [0.4, 0.5) is 20.2 Å². The van der Waals surface area contributed by atoms with Crippen LogP contribution in [0.5, 0.6) is 5.75 Å². The maximum Gasteiger partial charge on any atom is 0.275 e. The Labute approximate surface area is 193 Å². The van der Waals surface area contributed by atoms with Gasteiger partial charge in [0.2, 0.25) is 0 Å². The highest BCUT2D eigenvalue weighted by Gasteiger charge is 2.32. The van der Waals surface area contributed by atoms with E-state index in [0.29, 0.717) is 24.5 Å². The van der Waals surface area contributed by atoms with Gasteiger partial charge in [0.05, 0.1) is 36.3 Å². The average molecular weight is 476 g/mol. The average Bonchev–Trinajstić information content (AvgIpc) is 3.27. The molecule has 33 heavy (non-hydrogen) atoms. The number of nitrogens with two attached hydrogens (primary N) is 1. The van der Waals surface area contributed by atoms with Crippen LogP contribution in [0.25, 0.3) is 10.6 Å². The van der Waals surface area contributed by atoms with Crippen molar-refractivity contribution in [2.75, 3.05) is 30.4 Å². The molecule has 1 fully saturated rings. The van der Waals surface area contributed by atoms with E-state index in [9.17, 15) is 18.7 Å². The molecule has 2 aromatic heterocycles. The molecule has 11 heteroatoms. The number of hydrogen-bond acceptors (Lipinski definition) is 8. The minimum atomic E-state index is -0.883. The lowest BCUT2D eigenvalue weighted by molar-refractivity contribution is 0.0785. The summed E-state index contributed by atoms with van der Waals surface area (Å²) in [5.74, 6) is -2.41. The van der Waals surface area contributed by atoms with Gasteiger partial charge in [-0.25, -0.2) is 13.8 Å². The number of amides is 1. The van der Waals surface area contributed by atoms with E-state index in [1.165, 1.54) is 24.8 Å². The van der Waals surface area contributed by atoms with Crippen molar-refractivity contribution in [3.63, 3.8) is 0 Å². The van der Waals surface area contributed by atoms with Gasteiger partial charge in [-0.1, -0.05) is 6.92 Å². The van der Waals surface area contributed by atoms with Crippen LogP contribution < -0.4 is 20.7 Å². The molecule has 8 nitrogen and oxygen atoms in total. The molecule has 0 spiro atoms. The highest BCUT2D eigenvalue weighted by molar-refractivity contribution is 7.13. The molecule has 0 saturated carbocycles. The van der Waals surface area contributed by atoms with Crippen molar-refractivity contribution in [1.82, 2.24) is 9.97 Å². The number of hydrogen-bond donors (Lipinski definition) is 3. The van der Waals surface area contributed by atoms with Crippen molar-refractivity contribution in [2.45, 2.75) is 19.1 Å². The summed E-state index contributed by atoms with van der Waals surface area (Å²) < 4.78 is 33.8. The Morgan fingerprint density at radius 1 is 1.33 bits per heavy atom. The largest absolute Gasteiger partial charge is 0.494 e. The van der Waals surface area contributed by atoms with Gasteiger partial charge >= 0.3 is 0 Å². The number of aliphatic hydroxyl groups excluding tert-OH is 1. The smallest absolute Gasteiger partial charge is 0.275 e. The highest BCUT2D eigenvalue weighted by Crippen LogP contribution is 2.34. The second-order valence-corrected chi connectivity index (χ2v) is 8.72. The van der Waals surface area contributed by atoms with Crippen LogP contribution in [0.15, 0.2) is 36.0 Å². The van der Waals surface area contributed by atoms with Crippen molar-refractivity contribution in [3.8, 4) is 16.3 Å². The molecule has 3 unspecified atom stereocenters. The summed E-state index contributed by atoms with van der Waals surface area (Å²) in [5, 5.41) is 14.4. The molecule has 4 N–H and O–H groups in total. The predicted octanol–water partition coefficient (Wildman–Crippen LogP) is 2.89. The second kappa shape index (κ2) is 9.38. The summed E-state index contributed by atoms with van der Waals surface area (Å²) in [5.41, 5.74) is 6.86. The van der Waals surface area contributed by atoms with Crippen LogP contribution in [0.2, 0.25) is 0 Å². The number of aliphatic hydroxyl groups is 1. The fourth-order valence-electron chi connectivity index (χ4n) is 3.84. The van der Waals surface area contributed by atoms with Gasteiger partial charge in [0.1, 0.15) is 16.5 Å².